The van der Waals surface area contributed by atoms with Gasteiger partial charge in [0.15, 0.2) is 0 Å². The van der Waals surface area contributed by atoms with Crippen LogP contribution < -0.4 is 10.5 Å². The van der Waals surface area contributed by atoms with Crippen LogP contribution in [0.15, 0.2) is 24.5 Å². The molecular formula is C14H19N3O. The molecule has 0 radical (unpaired) electrons. The molecule has 2 rings (SSSR count). The smallest absolute Gasteiger partial charge is 0.128 e. The second-order valence-corrected chi connectivity index (χ2v) is 4.38. The SMILES string of the molecule is COc1c(C)cnc(Cn2cccc2CN)c1C. The highest BCUT2D eigenvalue weighted by Crippen LogP contribution is 2.24. The van der Waals surface area contributed by atoms with E-state index >= 15 is 0 Å². The number of aryl methyl sites for hydroxylation is 1. The first-order chi connectivity index (χ1) is 8.67. The van der Waals surface area contributed by atoms with Gasteiger partial charge in [0, 0.05) is 35.8 Å². The lowest BCUT2D eigenvalue weighted by Gasteiger charge is -2.14. The first kappa shape index (κ1) is 12.6. The van der Waals surface area contributed by atoms with Crippen LogP contribution in [-0.4, -0.2) is 16.7 Å². The third-order valence-corrected chi connectivity index (χ3v) is 3.20. The van der Waals surface area contributed by atoms with E-state index in [9.17, 15) is 0 Å². The minimum Gasteiger partial charge on any atom is -0.496 e. The molecule has 0 fully saturated rings. The van der Waals surface area contributed by atoms with Crippen LogP contribution in [0, 0.1) is 13.8 Å². The zero-order valence-electron chi connectivity index (χ0n) is 11.1. The molecule has 0 unspecified atom stereocenters. The van der Waals surface area contributed by atoms with Crippen LogP contribution in [0.5, 0.6) is 5.75 Å². The molecule has 0 aliphatic heterocycles. The van der Waals surface area contributed by atoms with E-state index in [-0.39, 0.29) is 0 Å². The van der Waals surface area contributed by atoms with Crippen molar-refractivity contribution in [2.45, 2.75) is 26.9 Å². The maximum absolute atomic E-state index is 5.70. The second kappa shape index (κ2) is 5.23. The summed E-state index contributed by atoms with van der Waals surface area (Å²) in [5.41, 5.74) is 9.98. The molecule has 0 aliphatic carbocycles. The van der Waals surface area contributed by atoms with E-state index in [1.807, 2.05) is 38.4 Å². The third-order valence-electron chi connectivity index (χ3n) is 3.20. The van der Waals surface area contributed by atoms with Crippen molar-refractivity contribution in [1.82, 2.24) is 9.55 Å². The van der Waals surface area contributed by atoms with Gasteiger partial charge in [-0.1, -0.05) is 0 Å². The summed E-state index contributed by atoms with van der Waals surface area (Å²) in [6.45, 7) is 5.31. The van der Waals surface area contributed by atoms with Crippen LogP contribution in [0.1, 0.15) is 22.5 Å². The van der Waals surface area contributed by atoms with Crippen LogP contribution in [0.4, 0.5) is 0 Å². The quantitative estimate of drug-likeness (QED) is 0.896. The average Bonchev–Trinajstić information content (AvgIpc) is 2.81. The molecule has 0 aromatic carbocycles. The fraction of sp³-hybridized carbons (Fsp3) is 0.357. The van der Waals surface area contributed by atoms with Crippen LogP contribution in [-0.2, 0) is 13.1 Å². The molecular weight excluding hydrogens is 226 g/mol. The maximum atomic E-state index is 5.70. The van der Waals surface area contributed by atoms with Crippen molar-refractivity contribution >= 4 is 0 Å². The molecule has 0 amide bonds. The standard InChI is InChI=1S/C14H19N3O/c1-10-8-16-13(11(2)14(10)18-3)9-17-6-4-5-12(17)7-15/h4-6,8H,7,9,15H2,1-3H3. The van der Waals surface area contributed by atoms with Gasteiger partial charge in [0.05, 0.1) is 19.3 Å². The topological polar surface area (TPSA) is 53.1 Å². The molecule has 4 heteroatoms. The van der Waals surface area contributed by atoms with Gasteiger partial charge in [0.2, 0.25) is 0 Å². The molecule has 18 heavy (non-hydrogen) atoms. The van der Waals surface area contributed by atoms with E-state index in [0.717, 1.165) is 34.8 Å². The van der Waals surface area contributed by atoms with Crippen molar-refractivity contribution in [3.8, 4) is 5.75 Å². The first-order valence-electron chi connectivity index (χ1n) is 6.00. The highest BCUT2D eigenvalue weighted by molar-refractivity contribution is 5.41. The van der Waals surface area contributed by atoms with Gasteiger partial charge in [-0.25, -0.2) is 0 Å². The summed E-state index contributed by atoms with van der Waals surface area (Å²) in [4.78, 5) is 4.50. The van der Waals surface area contributed by atoms with Crippen molar-refractivity contribution < 1.29 is 4.74 Å². The number of pyridine rings is 1. The normalized spacial score (nSPS) is 10.7. The number of hydrogen-bond donors (Lipinski definition) is 1. The molecule has 4 nitrogen and oxygen atoms in total. The Morgan fingerprint density at radius 3 is 2.83 bits per heavy atom. The summed E-state index contributed by atoms with van der Waals surface area (Å²) in [6.07, 6.45) is 3.88. The second-order valence-electron chi connectivity index (χ2n) is 4.38. The van der Waals surface area contributed by atoms with Crippen molar-refractivity contribution in [3.05, 3.63) is 47.0 Å². The molecule has 0 aliphatic rings. The largest absolute Gasteiger partial charge is 0.496 e. The number of nitrogens with zero attached hydrogens (tertiary/aromatic N) is 2. The van der Waals surface area contributed by atoms with E-state index in [4.69, 9.17) is 10.5 Å². The van der Waals surface area contributed by atoms with Crippen molar-refractivity contribution in [3.63, 3.8) is 0 Å². The van der Waals surface area contributed by atoms with Crippen LogP contribution >= 0.6 is 0 Å². The van der Waals surface area contributed by atoms with Crippen LogP contribution in [0.3, 0.4) is 0 Å². The lowest BCUT2D eigenvalue weighted by molar-refractivity contribution is 0.406. The zero-order chi connectivity index (χ0) is 13.1. The maximum Gasteiger partial charge on any atom is 0.128 e. The molecule has 2 N–H and O–H groups in total. The number of methoxy groups -OCH3 is 1. The molecule has 2 heterocycles. The average molecular weight is 245 g/mol. The highest BCUT2D eigenvalue weighted by atomic mass is 16.5. The Kier molecular flexibility index (Phi) is 3.67. The predicted molar refractivity (Wildman–Crippen MR) is 71.7 cm³/mol. The Morgan fingerprint density at radius 1 is 1.39 bits per heavy atom. The Balaban J connectivity index is 2.35. The molecule has 2 aromatic rings. The Labute approximate surface area is 107 Å². The van der Waals surface area contributed by atoms with Gasteiger partial charge >= 0.3 is 0 Å². The summed E-state index contributed by atoms with van der Waals surface area (Å²) >= 11 is 0. The van der Waals surface area contributed by atoms with Gasteiger partial charge in [-0.15, -0.1) is 0 Å². The number of nitrogens with two attached hydrogens (primary N) is 1. The van der Waals surface area contributed by atoms with E-state index < -0.39 is 0 Å². The molecule has 0 bridgehead atoms. The molecule has 0 atom stereocenters. The summed E-state index contributed by atoms with van der Waals surface area (Å²) in [5, 5.41) is 0. The minimum atomic E-state index is 0.537. The number of aromatic nitrogens is 2. The van der Waals surface area contributed by atoms with Gasteiger partial charge in [0.1, 0.15) is 5.75 Å². The van der Waals surface area contributed by atoms with Crippen LogP contribution in [0.2, 0.25) is 0 Å². The Morgan fingerprint density at radius 2 is 2.17 bits per heavy atom. The highest BCUT2D eigenvalue weighted by Gasteiger charge is 2.10. The van der Waals surface area contributed by atoms with Gasteiger partial charge in [0.25, 0.3) is 0 Å². The number of hydrogen-bond acceptors (Lipinski definition) is 3. The first-order valence-corrected chi connectivity index (χ1v) is 6.00. The zero-order valence-corrected chi connectivity index (χ0v) is 11.1. The Hall–Kier alpha value is -1.81. The number of ether oxygens (including phenoxy) is 1. The van der Waals surface area contributed by atoms with Crippen molar-refractivity contribution in [1.29, 1.82) is 0 Å². The molecule has 0 spiro atoms. The summed E-state index contributed by atoms with van der Waals surface area (Å²) in [5.74, 6) is 0.918. The Bertz CT molecular complexity index is 546. The van der Waals surface area contributed by atoms with Gasteiger partial charge in [-0.3, -0.25) is 4.98 Å². The molecule has 2 aromatic heterocycles. The lowest BCUT2D eigenvalue weighted by atomic mass is 10.1. The van der Waals surface area contributed by atoms with E-state index in [0.29, 0.717) is 6.54 Å². The van der Waals surface area contributed by atoms with Crippen molar-refractivity contribution in [2.75, 3.05) is 7.11 Å². The summed E-state index contributed by atoms with van der Waals surface area (Å²) in [6, 6.07) is 4.03. The van der Waals surface area contributed by atoms with Crippen molar-refractivity contribution in [2.24, 2.45) is 5.73 Å². The molecule has 96 valence electrons. The van der Waals surface area contributed by atoms with Gasteiger partial charge in [-0.2, -0.15) is 0 Å². The molecule has 0 saturated carbocycles. The fourth-order valence-electron chi connectivity index (χ4n) is 2.18. The van der Waals surface area contributed by atoms with Crippen LogP contribution in [0.25, 0.3) is 0 Å². The fourth-order valence-corrected chi connectivity index (χ4v) is 2.18. The van der Waals surface area contributed by atoms with Gasteiger partial charge < -0.3 is 15.0 Å². The monoisotopic (exact) mass is 245 g/mol. The van der Waals surface area contributed by atoms with E-state index in [1.54, 1.807) is 7.11 Å². The minimum absolute atomic E-state index is 0.537. The molecule has 0 saturated heterocycles. The predicted octanol–water partition coefficient (Wildman–Crippen LogP) is 2.02. The van der Waals surface area contributed by atoms with E-state index in [2.05, 4.69) is 9.55 Å². The van der Waals surface area contributed by atoms with E-state index in [1.165, 1.54) is 0 Å². The van der Waals surface area contributed by atoms with Gasteiger partial charge in [-0.05, 0) is 26.0 Å². The summed E-state index contributed by atoms with van der Waals surface area (Å²) in [7, 11) is 1.69. The lowest BCUT2D eigenvalue weighted by Crippen LogP contribution is -2.10. The third kappa shape index (κ3) is 2.24. The summed E-state index contributed by atoms with van der Waals surface area (Å²) < 4.78 is 7.53. The number of rotatable bonds is 4.